The minimum atomic E-state index is -1.60. The number of ether oxygens (including phenoxy) is 4. The maximum Gasteiger partial charge on any atom is 0.303 e. The Morgan fingerprint density at radius 2 is 1.63 bits per heavy atom. The molecule has 0 aromatic heterocycles. The Balaban J connectivity index is 1.53. The van der Waals surface area contributed by atoms with Gasteiger partial charge in [0.25, 0.3) is 0 Å². The van der Waals surface area contributed by atoms with Crippen LogP contribution in [-0.2, 0) is 23.7 Å². The highest BCUT2D eigenvalue weighted by atomic mass is 16.7. The van der Waals surface area contributed by atoms with Gasteiger partial charge in [-0.05, 0) is 44.4 Å². The van der Waals surface area contributed by atoms with Crippen LogP contribution in [-0.4, -0.2) is 122 Å². The van der Waals surface area contributed by atoms with Crippen LogP contribution in [0.15, 0.2) is 0 Å². The molecule has 2 aliphatic carbocycles. The van der Waals surface area contributed by atoms with E-state index in [1.807, 2.05) is 0 Å². The van der Waals surface area contributed by atoms with Crippen molar-refractivity contribution >= 4 is 5.97 Å². The van der Waals surface area contributed by atoms with Crippen molar-refractivity contribution in [3.8, 4) is 0 Å². The molecule has 0 bridgehead atoms. The number of aliphatic hydroxyl groups excluding tert-OH is 7. The summed E-state index contributed by atoms with van der Waals surface area (Å²) in [5.74, 6) is -1.25. The van der Waals surface area contributed by atoms with Gasteiger partial charge in [-0.25, -0.2) is 0 Å². The molecule has 2 saturated heterocycles. The lowest BCUT2D eigenvalue weighted by Gasteiger charge is -2.51. The molecule has 0 spiro atoms. The van der Waals surface area contributed by atoms with Crippen LogP contribution in [0.4, 0.5) is 0 Å². The summed E-state index contributed by atoms with van der Waals surface area (Å²) >= 11 is 0. The molecule has 7 N–H and O–H groups in total. The molecule has 35 heavy (non-hydrogen) atoms. The lowest BCUT2D eigenvalue weighted by atomic mass is 9.72. The van der Waals surface area contributed by atoms with Gasteiger partial charge in [-0.2, -0.15) is 0 Å². The van der Waals surface area contributed by atoms with Crippen LogP contribution in [0.3, 0.4) is 0 Å². The molecule has 0 radical (unpaired) electrons. The van der Waals surface area contributed by atoms with Gasteiger partial charge in [-0.15, -0.1) is 0 Å². The van der Waals surface area contributed by atoms with Crippen LogP contribution in [0.25, 0.3) is 0 Å². The Kier molecular flexibility index (Phi) is 8.69. The molecule has 4 rings (SSSR count). The molecule has 4 fully saturated rings. The average molecular weight is 507 g/mol. The predicted octanol–water partition coefficient (Wildman–Crippen LogP) is -2.45. The topological polar surface area (TPSA) is 196 Å². The maximum atomic E-state index is 11.4. The van der Waals surface area contributed by atoms with Crippen molar-refractivity contribution in [2.45, 2.75) is 119 Å². The Labute approximate surface area is 203 Å². The summed E-state index contributed by atoms with van der Waals surface area (Å²) in [4.78, 5) is 11.4. The van der Waals surface area contributed by atoms with Gasteiger partial charge in [0.15, 0.2) is 12.4 Å². The summed E-state index contributed by atoms with van der Waals surface area (Å²) in [6.07, 6.45) is -9.96. The third kappa shape index (κ3) is 5.82. The van der Waals surface area contributed by atoms with Gasteiger partial charge in [-0.1, -0.05) is 0 Å². The lowest BCUT2D eigenvalue weighted by molar-refractivity contribution is -0.334. The average Bonchev–Trinajstić information content (AvgIpc) is 2.80. The smallest absolute Gasteiger partial charge is 0.303 e. The first kappa shape index (κ1) is 27.1. The summed E-state index contributed by atoms with van der Waals surface area (Å²) in [7, 11) is 0. The lowest BCUT2D eigenvalue weighted by Crippen LogP contribution is -2.63. The minimum absolute atomic E-state index is 0.203. The van der Waals surface area contributed by atoms with Gasteiger partial charge >= 0.3 is 5.97 Å². The molecule has 202 valence electrons. The predicted molar refractivity (Wildman–Crippen MR) is 116 cm³/mol. The molecule has 2 heterocycles. The molecular formula is C23H38O12. The molecule has 0 amide bonds. The van der Waals surface area contributed by atoms with Crippen LogP contribution in [0.1, 0.15) is 45.4 Å². The van der Waals surface area contributed by atoms with Crippen LogP contribution < -0.4 is 0 Å². The van der Waals surface area contributed by atoms with Gasteiger partial charge in [0.1, 0.15) is 18.3 Å². The van der Waals surface area contributed by atoms with E-state index in [1.165, 1.54) is 0 Å². The van der Waals surface area contributed by atoms with Gasteiger partial charge in [-0.3, -0.25) is 4.79 Å². The zero-order chi connectivity index (χ0) is 25.4. The molecule has 12 heteroatoms. The molecular weight excluding hydrogens is 468 g/mol. The molecule has 0 aromatic carbocycles. The van der Waals surface area contributed by atoms with E-state index in [1.54, 1.807) is 0 Å². The molecule has 0 aromatic rings. The fraction of sp³-hybridized carbons (Fsp3) is 0.957. The standard InChI is InChI=1S/C23H38O12/c1-9(25)32-22-18(8-24)35-23(20(31)19(22)30)34-17-7-12-14(28)5-11(26)6-16(12)33-21(17)10-2-3-13(27)15(29)4-10/h10-24,26-31H,2-8H2,1H3/t10?,11?,12?,13?,14?,15?,16?,17?,18-,19-,20-,21?,22+,23-/m0/s1. The van der Waals surface area contributed by atoms with Crippen molar-refractivity contribution in [3.63, 3.8) is 0 Å². The second-order valence-corrected chi connectivity index (χ2v) is 10.4. The van der Waals surface area contributed by atoms with Crippen LogP contribution in [0.5, 0.6) is 0 Å². The number of hydrogen-bond acceptors (Lipinski definition) is 12. The zero-order valence-corrected chi connectivity index (χ0v) is 19.7. The van der Waals surface area contributed by atoms with Crippen LogP contribution in [0, 0.1) is 11.8 Å². The van der Waals surface area contributed by atoms with E-state index >= 15 is 0 Å². The monoisotopic (exact) mass is 506 g/mol. The Morgan fingerprint density at radius 1 is 0.886 bits per heavy atom. The van der Waals surface area contributed by atoms with E-state index in [4.69, 9.17) is 18.9 Å². The molecule has 2 saturated carbocycles. The summed E-state index contributed by atoms with van der Waals surface area (Å²) in [6.45, 7) is 0.540. The van der Waals surface area contributed by atoms with Gasteiger partial charge in [0, 0.05) is 12.8 Å². The number of hydrogen-bond donors (Lipinski definition) is 7. The fourth-order valence-corrected chi connectivity index (χ4v) is 6.08. The highest BCUT2D eigenvalue weighted by molar-refractivity contribution is 5.66. The van der Waals surface area contributed by atoms with E-state index < -0.39 is 86.0 Å². The number of rotatable bonds is 5. The third-order valence-electron chi connectivity index (χ3n) is 7.91. The number of aliphatic hydroxyl groups is 7. The Hall–Kier alpha value is -0.930. The molecule has 2 aliphatic heterocycles. The van der Waals surface area contributed by atoms with Crippen LogP contribution in [0.2, 0.25) is 0 Å². The SMILES string of the molecule is CC(=O)O[C@H]1[C@@H](O)[C@H](O)[C@@H](OC2CC3C(O)CC(O)CC3OC2C2CCC(O)C(O)C2)O[C@H]1CO. The Bertz CT molecular complexity index is 721. The molecule has 14 atom stereocenters. The molecule has 12 nitrogen and oxygen atoms in total. The fourth-order valence-electron chi connectivity index (χ4n) is 6.08. The van der Waals surface area contributed by atoms with Gasteiger partial charge < -0.3 is 54.7 Å². The van der Waals surface area contributed by atoms with Crippen molar-refractivity contribution in [1.82, 2.24) is 0 Å². The number of esters is 1. The quantitative estimate of drug-likeness (QED) is 0.195. The third-order valence-corrected chi connectivity index (χ3v) is 7.91. The highest BCUT2D eigenvalue weighted by Gasteiger charge is 2.52. The number of carbonyl (C=O) groups is 1. The van der Waals surface area contributed by atoms with Crippen molar-refractivity contribution in [3.05, 3.63) is 0 Å². The first-order valence-electron chi connectivity index (χ1n) is 12.4. The van der Waals surface area contributed by atoms with Crippen LogP contribution >= 0.6 is 0 Å². The summed E-state index contributed by atoms with van der Waals surface area (Å²) in [6, 6.07) is 0. The van der Waals surface area contributed by atoms with Gasteiger partial charge in [0.05, 0.1) is 49.3 Å². The largest absolute Gasteiger partial charge is 0.457 e. The zero-order valence-electron chi connectivity index (χ0n) is 19.7. The first-order chi connectivity index (χ1) is 16.6. The van der Waals surface area contributed by atoms with Gasteiger partial charge in [0.2, 0.25) is 0 Å². The van der Waals surface area contributed by atoms with Crippen molar-refractivity contribution in [2.75, 3.05) is 6.61 Å². The normalized spacial score (nSPS) is 50.9. The summed E-state index contributed by atoms with van der Waals surface area (Å²) in [5.41, 5.74) is 0. The first-order valence-corrected chi connectivity index (χ1v) is 12.4. The highest BCUT2D eigenvalue weighted by Crippen LogP contribution is 2.43. The molecule has 9 unspecified atom stereocenters. The molecule has 4 aliphatic rings. The van der Waals surface area contributed by atoms with E-state index in [0.29, 0.717) is 25.7 Å². The second-order valence-electron chi connectivity index (χ2n) is 10.4. The summed E-state index contributed by atoms with van der Waals surface area (Å²) < 4.78 is 23.2. The van der Waals surface area contributed by atoms with E-state index in [9.17, 15) is 40.5 Å². The number of carbonyl (C=O) groups excluding carboxylic acids is 1. The van der Waals surface area contributed by atoms with E-state index in [2.05, 4.69) is 0 Å². The van der Waals surface area contributed by atoms with E-state index in [0.717, 1.165) is 6.92 Å². The maximum absolute atomic E-state index is 11.4. The second kappa shape index (κ2) is 11.2. The van der Waals surface area contributed by atoms with Crippen molar-refractivity contribution in [2.24, 2.45) is 11.8 Å². The number of fused-ring (bicyclic) bond motifs is 1. The van der Waals surface area contributed by atoms with Crippen molar-refractivity contribution < 1.29 is 59.5 Å². The van der Waals surface area contributed by atoms with E-state index in [-0.39, 0.29) is 24.7 Å². The minimum Gasteiger partial charge on any atom is -0.457 e. The Morgan fingerprint density at radius 3 is 2.29 bits per heavy atom. The summed E-state index contributed by atoms with van der Waals surface area (Å²) in [5, 5.41) is 71.9. The van der Waals surface area contributed by atoms with Crippen molar-refractivity contribution in [1.29, 1.82) is 0 Å².